The van der Waals surface area contributed by atoms with E-state index >= 15 is 0 Å². The standard InChI is InChI=1S/C18H18O3/c1-3-14-6-10-15(11-7-14)17(19)12-21-18(20)16-8-4-13(2)5-9-16/h4-11H,3,12H2,1-2H3. The van der Waals surface area contributed by atoms with Crippen LogP contribution in [0.3, 0.4) is 0 Å². The van der Waals surface area contributed by atoms with Gasteiger partial charge in [-0.2, -0.15) is 0 Å². The van der Waals surface area contributed by atoms with Gasteiger partial charge in [-0.15, -0.1) is 0 Å². The summed E-state index contributed by atoms with van der Waals surface area (Å²) in [5.74, 6) is -0.674. The van der Waals surface area contributed by atoms with Gasteiger partial charge in [0.15, 0.2) is 12.4 Å². The fraction of sp³-hybridized carbons (Fsp3) is 0.222. The van der Waals surface area contributed by atoms with Crippen LogP contribution in [0.4, 0.5) is 0 Å². The Morgan fingerprint density at radius 1 is 0.905 bits per heavy atom. The molecule has 0 N–H and O–H groups in total. The van der Waals surface area contributed by atoms with Crippen molar-refractivity contribution in [3.63, 3.8) is 0 Å². The lowest BCUT2D eigenvalue weighted by molar-refractivity contribution is 0.0475. The van der Waals surface area contributed by atoms with Gasteiger partial charge in [0.2, 0.25) is 0 Å². The monoisotopic (exact) mass is 282 g/mol. The molecule has 0 bridgehead atoms. The van der Waals surface area contributed by atoms with Crippen molar-refractivity contribution in [2.45, 2.75) is 20.3 Å². The maximum Gasteiger partial charge on any atom is 0.338 e. The normalized spacial score (nSPS) is 10.2. The van der Waals surface area contributed by atoms with E-state index in [0.29, 0.717) is 11.1 Å². The molecular weight excluding hydrogens is 264 g/mol. The molecule has 0 aliphatic heterocycles. The van der Waals surface area contributed by atoms with E-state index in [1.807, 2.05) is 31.2 Å². The molecule has 0 fully saturated rings. The van der Waals surface area contributed by atoms with Crippen LogP contribution in [0.2, 0.25) is 0 Å². The van der Waals surface area contributed by atoms with Gasteiger partial charge in [-0.3, -0.25) is 4.79 Å². The molecule has 0 aliphatic rings. The minimum atomic E-state index is -0.478. The van der Waals surface area contributed by atoms with Gasteiger partial charge in [0.1, 0.15) is 0 Å². The zero-order valence-electron chi connectivity index (χ0n) is 12.3. The van der Waals surface area contributed by atoms with Gasteiger partial charge in [0, 0.05) is 5.56 Å². The lowest BCUT2D eigenvalue weighted by Gasteiger charge is -2.05. The van der Waals surface area contributed by atoms with Gasteiger partial charge >= 0.3 is 5.97 Å². The van der Waals surface area contributed by atoms with E-state index in [2.05, 4.69) is 6.92 Å². The molecule has 0 atom stereocenters. The Labute approximate surface area is 124 Å². The molecule has 0 unspecified atom stereocenters. The Kier molecular flexibility index (Phi) is 4.88. The number of ether oxygens (including phenoxy) is 1. The molecule has 0 aromatic heterocycles. The third kappa shape index (κ3) is 4.02. The topological polar surface area (TPSA) is 43.4 Å². The predicted molar refractivity (Wildman–Crippen MR) is 81.6 cm³/mol. The van der Waals surface area contributed by atoms with Crippen molar-refractivity contribution in [1.82, 2.24) is 0 Å². The summed E-state index contributed by atoms with van der Waals surface area (Å²) in [5.41, 5.74) is 3.25. The van der Waals surface area contributed by atoms with Crippen LogP contribution in [0.1, 0.15) is 38.8 Å². The zero-order valence-corrected chi connectivity index (χ0v) is 12.3. The molecule has 0 spiro atoms. The van der Waals surface area contributed by atoms with Crippen LogP contribution in [0.25, 0.3) is 0 Å². The number of hydrogen-bond donors (Lipinski definition) is 0. The van der Waals surface area contributed by atoms with Crippen molar-refractivity contribution in [2.75, 3.05) is 6.61 Å². The molecule has 108 valence electrons. The summed E-state index contributed by atoms with van der Waals surface area (Å²) in [6.07, 6.45) is 0.927. The third-order valence-corrected chi connectivity index (χ3v) is 3.31. The summed E-state index contributed by atoms with van der Waals surface area (Å²) < 4.78 is 5.05. The maximum absolute atomic E-state index is 12.0. The van der Waals surface area contributed by atoms with E-state index in [1.54, 1.807) is 24.3 Å². The molecule has 0 aliphatic carbocycles. The van der Waals surface area contributed by atoms with Crippen molar-refractivity contribution in [2.24, 2.45) is 0 Å². The minimum Gasteiger partial charge on any atom is -0.454 e. The SMILES string of the molecule is CCc1ccc(C(=O)COC(=O)c2ccc(C)cc2)cc1. The number of hydrogen-bond acceptors (Lipinski definition) is 3. The Balaban J connectivity index is 1.93. The van der Waals surface area contributed by atoms with Crippen molar-refractivity contribution < 1.29 is 14.3 Å². The largest absolute Gasteiger partial charge is 0.454 e. The molecule has 2 aromatic carbocycles. The Bertz CT molecular complexity index is 625. The van der Waals surface area contributed by atoms with Gasteiger partial charge in [-0.25, -0.2) is 4.79 Å². The number of ketones is 1. The number of benzene rings is 2. The number of rotatable bonds is 5. The Hall–Kier alpha value is -2.42. The lowest BCUT2D eigenvalue weighted by Crippen LogP contribution is -2.14. The molecule has 0 amide bonds. The second kappa shape index (κ2) is 6.84. The molecule has 3 heteroatoms. The highest BCUT2D eigenvalue weighted by molar-refractivity contribution is 5.99. The lowest BCUT2D eigenvalue weighted by atomic mass is 10.1. The first-order chi connectivity index (χ1) is 10.1. The Morgan fingerprint density at radius 2 is 1.48 bits per heavy atom. The maximum atomic E-state index is 12.0. The van der Waals surface area contributed by atoms with Crippen LogP contribution in [-0.2, 0) is 11.2 Å². The van der Waals surface area contributed by atoms with E-state index in [1.165, 1.54) is 5.56 Å². The van der Waals surface area contributed by atoms with Gasteiger partial charge in [-0.1, -0.05) is 48.9 Å². The number of carbonyl (C=O) groups is 2. The predicted octanol–water partition coefficient (Wildman–Crippen LogP) is 3.60. The fourth-order valence-corrected chi connectivity index (χ4v) is 1.91. The quantitative estimate of drug-likeness (QED) is 0.621. The molecule has 0 heterocycles. The average Bonchev–Trinajstić information content (AvgIpc) is 2.53. The molecular formula is C18H18O3. The third-order valence-electron chi connectivity index (χ3n) is 3.31. The number of Topliss-reactive ketones (excluding diaryl/α,β-unsaturated/α-hetero) is 1. The molecule has 3 nitrogen and oxygen atoms in total. The van der Waals surface area contributed by atoms with Crippen LogP contribution in [-0.4, -0.2) is 18.4 Å². The summed E-state index contributed by atoms with van der Waals surface area (Å²) in [5, 5.41) is 0. The summed E-state index contributed by atoms with van der Waals surface area (Å²) in [7, 11) is 0. The van der Waals surface area contributed by atoms with Crippen LogP contribution in [0.5, 0.6) is 0 Å². The molecule has 0 saturated heterocycles. The van der Waals surface area contributed by atoms with E-state index in [-0.39, 0.29) is 12.4 Å². The van der Waals surface area contributed by atoms with Crippen LogP contribution < -0.4 is 0 Å². The smallest absolute Gasteiger partial charge is 0.338 e. The molecule has 2 rings (SSSR count). The van der Waals surface area contributed by atoms with Gasteiger partial charge < -0.3 is 4.74 Å². The molecule has 21 heavy (non-hydrogen) atoms. The van der Waals surface area contributed by atoms with Gasteiger partial charge in [0.25, 0.3) is 0 Å². The van der Waals surface area contributed by atoms with Crippen LogP contribution >= 0.6 is 0 Å². The molecule has 2 aromatic rings. The number of aryl methyl sites for hydroxylation is 2. The first kappa shape index (κ1) is 15.0. The molecule has 0 radical (unpaired) electrons. The van der Waals surface area contributed by atoms with Crippen molar-refractivity contribution >= 4 is 11.8 Å². The van der Waals surface area contributed by atoms with E-state index in [4.69, 9.17) is 4.74 Å². The van der Waals surface area contributed by atoms with E-state index in [0.717, 1.165) is 12.0 Å². The summed E-state index contributed by atoms with van der Waals surface area (Å²) in [6, 6.07) is 14.4. The van der Waals surface area contributed by atoms with Gasteiger partial charge in [0.05, 0.1) is 5.56 Å². The highest BCUT2D eigenvalue weighted by Gasteiger charge is 2.11. The van der Waals surface area contributed by atoms with Crippen molar-refractivity contribution in [3.05, 3.63) is 70.8 Å². The first-order valence-corrected chi connectivity index (χ1v) is 6.96. The average molecular weight is 282 g/mol. The summed E-state index contributed by atoms with van der Waals surface area (Å²) in [4.78, 5) is 23.8. The fourth-order valence-electron chi connectivity index (χ4n) is 1.91. The second-order valence-electron chi connectivity index (χ2n) is 4.92. The first-order valence-electron chi connectivity index (χ1n) is 6.96. The van der Waals surface area contributed by atoms with E-state index < -0.39 is 5.97 Å². The second-order valence-corrected chi connectivity index (χ2v) is 4.92. The van der Waals surface area contributed by atoms with Crippen molar-refractivity contribution in [3.8, 4) is 0 Å². The van der Waals surface area contributed by atoms with E-state index in [9.17, 15) is 9.59 Å². The van der Waals surface area contributed by atoms with Crippen LogP contribution in [0, 0.1) is 6.92 Å². The number of carbonyl (C=O) groups excluding carboxylic acids is 2. The van der Waals surface area contributed by atoms with Crippen molar-refractivity contribution in [1.29, 1.82) is 0 Å². The van der Waals surface area contributed by atoms with Gasteiger partial charge in [-0.05, 0) is 31.0 Å². The number of esters is 1. The Morgan fingerprint density at radius 3 is 2.05 bits per heavy atom. The zero-order chi connectivity index (χ0) is 15.2. The summed E-state index contributed by atoms with van der Waals surface area (Å²) >= 11 is 0. The molecule has 0 saturated carbocycles. The van der Waals surface area contributed by atoms with Crippen LogP contribution in [0.15, 0.2) is 48.5 Å². The summed E-state index contributed by atoms with van der Waals surface area (Å²) in [6.45, 7) is 3.76. The highest BCUT2D eigenvalue weighted by atomic mass is 16.5. The minimum absolute atomic E-state index is 0.196. The highest BCUT2D eigenvalue weighted by Crippen LogP contribution is 2.08.